The van der Waals surface area contributed by atoms with Crippen molar-refractivity contribution >= 4 is 17.3 Å². The van der Waals surface area contributed by atoms with Gasteiger partial charge in [-0.3, -0.25) is 9.78 Å². The lowest BCUT2D eigenvalue weighted by atomic mass is 10.1. The molecule has 0 aliphatic heterocycles. The van der Waals surface area contributed by atoms with E-state index in [0.29, 0.717) is 17.8 Å². The van der Waals surface area contributed by atoms with Crippen LogP contribution in [0.5, 0.6) is 0 Å². The molecule has 2 rings (SSSR count). The molecule has 1 aromatic heterocycles. The molecule has 122 valence electrons. The second-order valence-corrected chi connectivity index (χ2v) is 4.83. The number of carbonyl (C=O) groups is 1. The zero-order chi connectivity index (χ0) is 16.9. The Kier molecular flexibility index (Phi) is 5.20. The number of aromatic nitrogens is 1. The molecule has 1 heterocycles. The predicted molar refractivity (Wildman–Crippen MR) is 79.3 cm³/mol. The van der Waals surface area contributed by atoms with Gasteiger partial charge in [-0.2, -0.15) is 13.2 Å². The zero-order valence-electron chi connectivity index (χ0n) is 12.4. The molecular formula is C16H15F3N2O2. The number of benzene rings is 1. The third-order valence-corrected chi connectivity index (χ3v) is 3.14. The molecule has 0 saturated heterocycles. The highest BCUT2D eigenvalue weighted by atomic mass is 19.4. The van der Waals surface area contributed by atoms with E-state index in [0.717, 1.165) is 17.8 Å². The SMILES string of the molecule is COC(=O)CCc1ccc(Nc2ccnc(C(F)(F)F)c2)cc1. The van der Waals surface area contributed by atoms with Crippen LogP contribution in [0.2, 0.25) is 0 Å². The van der Waals surface area contributed by atoms with Gasteiger partial charge in [-0.25, -0.2) is 0 Å². The van der Waals surface area contributed by atoms with Gasteiger partial charge in [0, 0.05) is 24.0 Å². The summed E-state index contributed by atoms with van der Waals surface area (Å²) in [6, 6.07) is 9.49. The lowest BCUT2D eigenvalue weighted by molar-refractivity contribution is -0.141. The van der Waals surface area contributed by atoms with Crippen molar-refractivity contribution in [3.8, 4) is 0 Å². The number of anilines is 2. The monoisotopic (exact) mass is 324 g/mol. The summed E-state index contributed by atoms with van der Waals surface area (Å²) < 4.78 is 42.4. The number of pyridine rings is 1. The first-order valence-electron chi connectivity index (χ1n) is 6.84. The number of methoxy groups -OCH3 is 1. The Morgan fingerprint density at radius 1 is 1.17 bits per heavy atom. The Morgan fingerprint density at radius 2 is 1.87 bits per heavy atom. The molecule has 0 radical (unpaired) electrons. The fourth-order valence-electron chi connectivity index (χ4n) is 1.93. The molecule has 0 spiro atoms. The summed E-state index contributed by atoms with van der Waals surface area (Å²) >= 11 is 0. The first-order chi connectivity index (χ1) is 10.9. The van der Waals surface area contributed by atoms with E-state index in [2.05, 4.69) is 15.0 Å². The third kappa shape index (κ3) is 4.98. The average molecular weight is 324 g/mol. The first-order valence-corrected chi connectivity index (χ1v) is 6.84. The molecule has 0 aliphatic rings. The van der Waals surface area contributed by atoms with Gasteiger partial charge in [0.2, 0.25) is 0 Å². The fraction of sp³-hybridized carbons (Fsp3) is 0.250. The van der Waals surface area contributed by atoms with Gasteiger partial charge in [0.1, 0.15) is 5.69 Å². The maximum Gasteiger partial charge on any atom is 0.433 e. The Hall–Kier alpha value is -2.57. The number of esters is 1. The minimum atomic E-state index is -4.48. The van der Waals surface area contributed by atoms with Crippen LogP contribution in [-0.4, -0.2) is 18.1 Å². The van der Waals surface area contributed by atoms with E-state index < -0.39 is 11.9 Å². The number of nitrogens with one attached hydrogen (secondary N) is 1. The van der Waals surface area contributed by atoms with Crippen molar-refractivity contribution in [2.24, 2.45) is 0 Å². The van der Waals surface area contributed by atoms with E-state index in [1.807, 2.05) is 0 Å². The summed E-state index contributed by atoms with van der Waals surface area (Å²) in [5.74, 6) is -0.288. The molecular weight excluding hydrogens is 309 g/mol. The van der Waals surface area contributed by atoms with Crippen LogP contribution in [0.3, 0.4) is 0 Å². The molecule has 0 aliphatic carbocycles. The van der Waals surface area contributed by atoms with Crippen molar-refractivity contribution < 1.29 is 22.7 Å². The molecule has 0 atom stereocenters. The highest BCUT2D eigenvalue weighted by Gasteiger charge is 2.32. The van der Waals surface area contributed by atoms with Crippen LogP contribution in [0, 0.1) is 0 Å². The molecule has 1 N–H and O–H groups in total. The molecule has 23 heavy (non-hydrogen) atoms. The minimum absolute atomic E-state index is 0.280. The van der Waals surface area contributed by atoms with Crippen molar-refractivity contribution in [2.45, 2.75) is 19.0 Å². The third-order valence-electron chi connectivity index (χ3n) is 3.14. The minimum Gasteiger partial charge on any atom is -0.469 e. The largest absolute Gasteiger partial charge is 0.469 e. The van der Waals surface area contributed by atoms with Gasteiger partial charge in [0.25, 0.3) is 0 Å². The lowest BCUT2D eigenvalue weighted by Gasteiger charge is -2.10. The van der Waals surface area contributed by atoms with Crippen LogP contribution < -0.4 is 5.32 Å². The fourth-order valence-corrected chi connectivity index (χ4v) is 1.93. The van der Waals surface area contributed by atoms with Crippen molar-refractivity contribution in [2.75, 3.05) is 12.4 Å². The van der Waals surface area contributed by atoms with Crippen LogP contribution >= 0.6 is 0 Å². The maximum atomic E-state index is 12.6. The predicted octanol–water partition coefficient (Wildman–Crippen LogP) is 3.95. The van der Waals surface area contributed by atoms with E-state index in [-0.39, 0.29) is 12.4 Å². The van der Waals surface area contributed by atoms with Gasteiger partial charge >= 0.3 is 12.1 Å². The summed E-state index contributed by atoms with van der Waals surface area (Å²) in [7, 11) is 1.33. The van der Waals surface area contributed by atoms with Gasteiger partial charge in [0.05, 0.1) is 7.11 Å². The van der Waals surface area contributed by atoms with Crippen LogP contribution in [0.15, 0.2) is 42.6 Å². The highest BCUT2D eigenvalue weighted by Crippen LogP contribution is 2.29. The Morgan fingerprint density at radius 3 is 2.48 bits per heavy atom. The quantitative estimate of drug-likeness (QED) is 0.846. The summed E-state index contributed by atoms with van der Waals surface area (Å²) in [5.41, 5.74) is 0.935. The summed E-state index contributed by atoms with van der Waals surface area (Å²) in [5, 5.41) is 2.89. The van der Waals surface area contributed by atoms with Crippen molar-refractivity contribution in [3.63, 3.8) is 0 Å². The van der Waals surface area contributed by atoms with Crippen LogP contribution in [-0.2, 0) is 22.1 Å². The van der Waals surface area contributed by atoms with E-state index in [9.17, 15) is 18.0 Å². The number of hydrogen-bond acceptors (Lipinski definition) is 4. The molecule has 0 unspecified atom stereocenters. The normalized spacial score (nSPS) is 11.1. The Labute approximate surface area is 131 Å². The van der Waals surface area contributed by atoms with Gasteiger partial charge < -0.3 is 10.1 Å². The topological polar surface area (TPSA) is 51.2 Å². The van der Waals surface area contributed by atoms with Crippen LogP contribution in [0.1, 0.15) is 17.7 Å². The number of halogens is 3. The maximum absolute atomic E-state index is 12.6. The van der Waals surface area contributed by atoms with Crippen LogP contribution in [0.25, 0.3) is 0 Å². The smallest absolute Gasteiger partial charge is 0.433 e. The van der Waals surface area contributed by atoms with Crippen molar-refractivity contribution in [1.82, 2.24) is 4.98 Å². The van der Waals surface area contributed by atoms with Gasteiger partial charge in [-0.1, -0.05) is 12.1 Å². The lowest BCUT2D eigenvalue weighted by Crippen LogP contribution is -2.08. The van der Waals surface area contributed by atoms with Gasteiger partial charge in [-0.05, 0) is 36.2 Å². The Bertz CT molecular complexity index is 670. The van der Waals surface area contributed by atoms with Gasteiger partial charge in [0.15, 0.2) is 0 Å². The number of ether oxygens (including phenoxy) is 1. The number of alkyl halides is 3. The first kappa shape index (κ1) is 16.8. The molecule has 2 aromatic rings. The standard InChI is InChI=1S/C16H15F3N2O2/c1-23-15(22)7-4-11-2-5-12(6-3-11)21-13-8-9-20-14(10-13)16(17,18)19/h2-3,5-6,8-10H,4,7H2,1H3,(H,20,21). The number of hydrogen-bond donors (Lipinski definition) is 1. The van der Waals surface area contributed by atoms with E-state index in [1.54, 1.807) is 24.3 Å². The second kappa shape index (κ2) is 7.13. The van der Waals surface area contributed by atoms with Crippen molar-refractivity contribution in [3.05, 3.63) is 53.9 Å². The van der Waals surface area contributed by atoms with Crippen molar-refractivity contribution in [1.29, 1.82) is 0 Å². The molecule has 0 bridgehead atoms. The molecule has 4 nitrogen and oxygen atoms in total. The van der Waals surface area contributed by atoms with E-state index in [1.165, 1.54) is 13.2 Å². The average Bonchev–Trinajstić information content (AvgIpc) is 2.53. The van der Waals surface area contributed by atoms with Gasteiger partial charge in [-0.15, -0.1) is 0 Å². The number of nitrogens with zero attached hydrogens (tertiary/aromatic N) is 1. The molecule has 7 heteroatoms. The molecule has 1 aromatic carbocycles. The number of carbonyl (C=O) groups excluding carboxylic acids is 1. The Balaban J connectivity index is 2.02. The number of rotatable bonds is 5. The summed E-state index contributed by atoms with van der Waals surface area (Å²) in [6.07, 6.45) is -2.55. The van der Waals surface area contributed by atoms with E-state index >= 15 is 0 Å². The van der Waals surface area contributed by atoms with E-state index in [4.69, 9.17) is 0 Å². The number of aryl methyl sites for hydroxylation is 1. The molecule has 0 amide bonds. The zero-order valence-corrected chi connectivity index (χ0v) is 12.4. The second-order valence-electron chi connectivity index (χ2n) is 4.83. The van der Waals surface area contributed by atoms with Crippen LogP contribution in [0.4, 0.5) is 24.5 Å². The summed E-state index contributed by atoms with van der Waals surface area (Å²) in [6.45, 7) is 0. The molecule has 0 fully saturated rings. The molecule has 0 saturated carbocycles. The highest BCUT2D eigenvalue weighted by molar-refractivity contribution is 5.69. The summed E-state index contributed by atoms with van der Waals surface area (Å²) in [4.78, 5) is 14.4.